The number of carbonyl (C=O) groups excluding carboxylic acids is 1. The minimum absolute atomic E-state index is 0.00421. The van der Waals surface area contributed by atoms with E-state index in [-0.39, 0.29) is 12.7 Å². The first-order valence-corrected chi connectivity index (χ1v) is 9.49. The van der Waals surface area contributed by atoms with Crippen LogP contribution < -0.4 is 14.2 Å². The van der Waals surface area contributed by atoms with Gasteiger partial charge in [0.05, 0.1) is 4.88 Å². The van der Waals surface area contributed by atoms with Gasteiger partial charge in [-0.1, -0.05) is 18.2 Å². The van der Waals surface area contributed by atoms with E-state index in [1.54, 1.807) is 4.90 Å². The number of para-hydroxylation sites is 1. The van der Waals surface area contributed by atoms with Crippen LogP contribution in [0.2, 0.25) is 0 Å². The van der Waals surface area contributed by atoms with Crippen molar-refractivity contribution in [3.63, 3.8) is 0 Å². The highest BCUT2D eigenvalue weighted by atomic mass is 32.1. The lowest BCUT2D eigenvalue weighted by Gasteiger charge is -2.16. The molecule has 0 bridgehead atoms. The Morgan fingerprint density at radius 1 is 1.04 bits per heavy atom. The van der Waals surface area contributed by atoms with Crippen LogP contribution in [0, 0.1) is 0 Å². The molecule has 0 saturated heterocycles. The Kier molecular flexibility index (Phi) is 3.79. The number of amides is 1. The van der Waals surface area contributed by atoms with E-state index >= 15 is 0 Å². The predicted octanol–water partition coefficient (Wildman–Crippen LogP) is 4.31. The standard InChI is InChI=1S/C21H17NO4S/c1-22(10-13-6-7-17-18(8-13)26-12-25-17)21(23)19-9-14-11-24-16-5-3-2-4-15(16)20(14)27-19/h2-9H,10-12H2,1H3. The molecule has 2 aliphatic heterocycles. The molecule has 2 aliphatic rings. The lowest BCUT2D eigenvalue weighted by atomic mass is 10.1. The fourth-order valence-corrected chi connectivity index (χ4v) is 4.57. The van der Waals surface area contributed by atoms with Crippen LogP contribution in [-0.2, 0) is 13.2 Å². The topological polar surface area (TPSA) is 48.0 Å². The van der Waals surface area contributed by atoms with Gasteiger partial charge in [0.15, 0.2) is 11.5 Å². The molecule has 0 saturated carbocycles. The molecule has 27 heavy (non-hydrogen) atoms. The molecule has 0 spiro atoms. The van der Waals surface area contributed by atoms with Crippen molar-refractivity contribution in [1.29, 1.82) is 0 Å². The Morgan fingerprint density at radius 2 is 1.89 bits per heavy atom. The summed E-state index contributed by atoms with van der Waals surface area (Å²) in [5.41, 5.74) is 3.13. The maximum absolute atomic E-state index is 13.0. The maximum Gasteiger partial charge on any atom is 0.263 e. The highest BCUT2D eigenvalue weighted by molar-refractivity contribution is 7.17. The summed E-state index contributed by atoms with van der Waals surface area (Å²) in [5, 5.41) is 0. The van der Waals surface area contributed by atoms with Crippen molar-refractivity contribution in [2.45, 2.75) is 13.2 Å². The van der Waals surface area contributed by atoms with E-state index in [1.807, 2.05) is 55.6 Å². The van der Waals surface area contributed by atoms with E-state index in [9.17, 15) is 4.79 Å². The normalized spacial score (nSPS) is 13.5. The number of carbonyl (C=O) groups is 1. The van der Waals surface area contributed by atoms with Crippen molar-refractivity contribution in [3.05, 3.63) is 64.5 Å². The lowest BCUT2D eigenvalue weighted by molar-refractivity contribution is 0.0789. The lowest BCUT2D eigenvalue weighted by Crippen LogP contribution is -2.25. The summed E-state index contributed by atoms with van der Waals surface area (Å²) in [6.07, 6.45) is 0. The van der Waals surface area contributed by atoms with Gasteiger partial charge >= 0.3 is 0 Å². The molecule has 3 heterocycles. The van der Waals surface area contributed by atoms with Gasteiger partial charge in [0.1, 0.15) is 12.4 Å². The zero-order valence-electron chi connectivity index (χ0n) is 14.7. The van der Waals surface area contributed by atoms with Gasteiger partial charge in [-0.05, 0) is 35.9 Å². The molecule has 5 nitrogen and oxygen atoms in total. The van der Waals surface area contributed by atoms with Crippen molar-refractivity contribution >= 4 is 17.2 Å². The number of hydrogen-bond donors (Lipinski definition) is 0. The summed E-state index contributed by atoms with van der Waals surface area (Å²) in [6, 6.07) is 15.7. The molecule has 0 fully saturated rings. The number of rotatable bonds is 3. The highest BCUT2D eigenvalue weighted by Gasteiger charge is 2.24. The molecule has 0 radical (unpaired) electrons. The van der Waals surface area contributed by atoms with Crippen LogP contribution in [0.4, 0.5) is 0 Å². The number of fused-ring (bicyclic) bond motifs is 4. The molecule has 1 amide bonds. The number of hydrogen-bond acceptors (Lipinski definition) is 5. The van der Waals surface area contributed by atoms with Crippen LogP contribution in [-0.4, -0.2) is 24.6 Å². The van der Waals surface area contributed by atoms with E-state index in [2.05, 4.69) is 0 Å². The van der Waals surface area contributed by atoms with Crippen molar-refractivity contribution in [2.75, 3.05) is 13.8 Å². The number of nitrogens with zero attached hydrogens (tertiary/aromatic N) is 1. The fourth-order valence-electron chi connectivity index (χ4n) is 3.38. The Balaban J connectivity index is 1.38. The van der Waals surface area contributed by atoms with Crippen LogP contribution in [0.1, 0.15) is 20.8 Å². The molecule has 3 aromatic rings. The molecule has 136 valence electrons. The first kappa shape index (κ1) is 16.2. The Morgan fingerprint density at radius 3 is 2.81 bits per heavy atom. The second-order valence-electron chi connectivity index (χ2n) is 6.60. The second-order valence-corrected chi connectivity index (χ2v) is 7.65. The molecule has 5 rings (SSSR count). The highest BCUT2D eigenvalue weighted by Crippen LogP contribution is 2.42. The Hall–Kier alpha value is -2.99. The number of thiophene rings is 1. The smallest absolute Gasteiger partial charge is 0.263 e. The summed E-state index contributed by atoms with van der Waals surface area (Å²) in [4.78, 5) is 16.5. The van der Waals surface area contributed by atoms with Crippen molar-refractivity contribution in [2.24, 2.45) is 0 Å². The first-order valence-electron chi connectivity index (χ1n) is 8.68. The van der Waals surface area contributed by atoms with Gasteiger partial charge in [-0.2, -0.15) is 0 Å². The quantitative estimate of drug-likeness (QED) is 0.680. The monoisotopic (exact) mass is 379 g/mol. The Bertz CT molecular complexity index is 1040. The third-order valence-electron chi connectivity index (χ3n) is 4.74. The summed E-state index contributed by atoms with van der Waals surface area (Å²) in [6.45, 7) is 1.25. The first-order chi connectivity index (χ1) is 13.2. The van der Waals surface area contributed by atoms with Crippen LogP contribution in [0.3, 0.4) is 0 Å². The van der Waals surface area contributed by atoms with E-state index in [0.717, 1.165) is 43.7 Å². The average Bonchev–Trinajstić information content (AvgIpc) is 3.33. The average molecular weight is 379 g/mol. The Labute approximate surface area is 160 Å². The van der Waals surface area contributed by atoms with Gasteiger partial charge in [-0.15, -0.1) is 11.3 Å². The molecule has 0 atom stereocenters. The van der Waals surface area contributed by atoms with Crippen LogP contribution in [0.5, 0.6) is 17.2 Å². The molecule has 0 aliphatic carbocycles. The predicted molar refractivity (Wildman–Crippen MR) is 102 cm³/mol. The van der Waals surface area contributed by atoms with Crippen LogP contribution in [0.15, 0.2) is 48.5 Å². The zero-order valence-corrected chi connectivity index (χ0v) is 15.5. The van der Waals surface area contributed by atoms with Gasteiger partial charge in [0.25, 0.3) is 5.91 Å². The van der Waals surface area contributed by atoms with E-state index < -0.39 is 0 Å². The third kappa shape index (κ3) is 2.82. The van der Waals surface area contributed by atoms with Crippen LogP contribution >= 0.6 is 11.3 Å². The molecule has 0 N–H and O–H groups in total. The van der Waals surface area contributed by atoms with Gasteiger partial charge in [0, 0.05) is 29.6 Å². The zero-order chi connectivity index (χ0) is 18.4. The van der Waals surface area contributed by atoms with Gasteiger partial charge in [-0.25, -0.2) is 0 Å². The van der Waals surface area contributed by atoms with Crippen molar-refractivity contribution in [3.8, 4) is 27.7 Å². The van der Waals surface area contributed by atoms with Gasteiger partial charge in [-0.3, -0.25) is 4.79 Å². The molecule has 1 aromatic heterocycles. The van der Waals surface area contributed by atoms with E-state index in [1.165, 1.54) is 11.3 Å². The molecular formula is C21H17NO4S. The summed E-state index contributed by atoms with van der Waals surface area (Å²) >= 11 is 1.53. The van der Waals surface area contributed by atoms with E-state index in [0.29, 0.717) is 13.2 Å². The maximum atomic E-state index is 13.0. The van der Waals surface area contributed by atoms with Crippen molar-refractivity contribution < 1.29 is 19.0 Å². The fraction of sp³-hybridized carbons (Fsp3) is 0.190. The summed E-state index contributed by atoms with van der Waals surface area (Å²) in [5.74, 6) is 2.36. The second kappa shape index (κ2) is 6.32. The summed E-state index contributed by atoms with van der Waals surface area (Å²) < 4.78 is 16.6. The van der Waals surface area contributed by atoms with Crippen LogP contribution in [0.25, 0.3) is 10.4 Å². The number of ether oxygens (including phenoxy) is 3. The van der Waals surface area contributed by atoms with Gasteiger partial charge in [0.2, 0.25) is 6.79 Å². The molecule has 2 aromatic carbocycles. The third-order valence-corrected chi connectivity index (χ3v) is 5.94. The van der Waals surface area contributed by atoms with Gasteiger partial charge < -0.3 is 19.1 Å². The van der Waals surface area contributed by atoms with Crippen molar-refractivity contribution in [1.82, 2.24) is 4.90 Å². The molecule has 6 heteroatoms. The minimum Gasteiger partial charge on any atom is -0.488 e. The number of benzene rings is 2. The summed E-state index contributed by atoms with van der Waals surface area (Å²) in [7, 11) is 1.82. The largest absolute Gasteiger partial charge is 0.488 e. The SMILES string of the molecule is CN(Cc1ccc2c(c1)OCO2)C(=O)c1cc2c(s1)-c1ccccc1OC2. The molecular weight excluding hydrogens is 362 g/mol. The minimum atomic E-state index is 0.00421. The molecule has 0 unspecified atom stereocenters. The van der Waals surface area contributed by atoms with E-state index in [4.69, 9.17) is 14.2 Å².